The Hall–Kier alpha value is -3.73. The summed E-state index contributed by atoms with van der Waals surface area (Å²) in [6.45, 7) is 4.45. The number of aliphatic hydroxyl groups is 1. The second kappa shape index (κ2) is 9.14. The molecule has 9 nitrogen and oxygen atoms in total. The van der Waals surface area contributed by atoms with E-state index in [4.69, 9.17) is 4.74 Å². The van der Waals surface area contributed by atoms with Gasteiger partial charge in [0.25, 0.3) is 5.91 Å². The van der Waals surface area contributed by atoms with E-state index in [0.29, 0.717) is 42.9 Å². The molecule has 0 unspecified atom stereocenters. The number of halogens is 2. The smallest absolute Gasteiger partial charge is 0.481 e. The summed E-state index contributed by atoms with van der Waals surface area (Å²) in [5.74, 6) is -0.452. The number of carbonyl (C=O) groups excluding carboxylic acids is 2. The number of methoxy groups -OCH3 is 1. The summed E-state index contributed by atoms with van der Waals surface area (Å²) in [5, 5.41) is 10.4. The van der Waals surface area contributed by atoms with Crippen LogP contribution >= 0.6 is 0 Å². The van der Waals surface area contributed by atoms with Gasteiger partial charge in [-0.2, -0.15) is 0 Å². The zero-order chi connectivity index (χ0) is 25.4. The fraction of sp³-hybridized carbons (Fsp3) is 0.375. The molecule has 0 saturated carbocycles. The Morgan fingerprint density at radius 3 is 2.43 bits per heavy atom. The van der Waals surface area contributed by atoms with Crippen LogP contribution in [0, 0.1) is 0 Å². The van der Waals surface area contributed by atoms with E-state index < -0.39 is 11.9 Å². The van der Waals surface area contributed by atoms with Crippen LogP contribution in [0.1, 0.15) is 35.3 Å². The first kappa shape index (κ1) is 24.4. The molecule has 2 aliphatic heterocycles. The minimum Gasteiger partial charge on any atom is -0.481 e. The number of hydrogen-bond donors (Lipinski definition) is 1. The van der Waals surface area contributed by atoms with Crippen molar-refractivity contribution in [2.45, 2.75) is 25.7 Å². The van der Waals surface area contributed by atoms with Gasteiger partial charge in [0.15, 0.2) is 11.5 Å². The maximum Gasteiger partial charge on any atom is 0.586 e. The Bertz CT molecular complexity index is 1170. The highest BCUT2D eigenvalue weighted by Gasteiger charge is 2.43. The number of aromatic nitrogens is 1. The first-order chi connectivity index (χ1) is 16.5. The zero-order valence-corrected chi connectivity index (χ0v) is 19.5. The van der Waals surface area contributed by atoms with Gasteiger partial charge in [0.1, 0.15) is 0 Å². The van der Waals surface area contributed by atoms with Crippen molar-refractivity contribution in [2.75, 3.05) is 33.3 Å². The van der Waals surface area contributed by atoms with E-state index in [1.165, 1.54) is 43.7 Å². The zero-order valence-electron chi connectivity index (χ0n) is 19.5. The molecule has 1 N–H and O–H groups in total. The number of pyridine rings is 1. The van der Waals surface area contributed by atoms with Gasteiger partial charge in [-0.05, 0) is 43.7 Å². The molecule has 2 aromatic rings. The molecule has 0 radical (unpaired) electrons. The third kappa shape index (κ3) is 5.35. The van der Waals surface area contributed by atoms with Gasteiger partial charge in [0.05, 0.1) is 18.3 Å². The second-order valence-corrected chi connectivity index (χ2v) is 8.66. The minimum atomic E-state index is -3.70. The standard InChI is InChI=1S/C24H25F2N3O6/c1-23(2,32)17-13-16(14-27-21(17)33-3)22(31)29-10-8-28(9-11-29)20(30)7-5-15-4-6-18-19(12-15)35-24(25,26)34-18/h4-7,12-14,32H,8-11H2,1-3H3/b7-5+. The SMILES string of the molecule is COc1ncc(C(=O)N2CCN(C(=O)/C=C/c3ccc4c(c3)OC(F)(F)O4)CC2)cc1C(C)(C)O. The Labute approximate surface area is 200 Å². The summed E-state index contributed by atoms with van der Waals surface area (Å²) in [7, 11) is 1.44. The maximum atomic E-state index is 13.2. The molecule has 0 atom stereocenters. The molecule has 35 heavy (non-hydrogen) atoms. The molecule has 1 saturated heterocycles. The molecule has 2 aliphatic rings. The Kier molecular flexibility index (Phi) is 6.37. The van der Waals surface area contributed by atoms with Gasteiger partial charge in [-0.15, -0.1) is 8.78 Å². The predicted molar refractivity (Wildman–Crippen MR) is 120 cm³/mol. The van der Waals surface area contributed by atoms with E-state index in [2.05, 4.69) is 14.5 Å². The number of alkyl halides is 2. The summed E-state index contributed by atoms with van der Waals surface area (Å²) in [6, 6.07) is 5.81. The van der Waals surface area contributed by atoms with Gasteiger partial charge >= 0.3 is 6.29 Å². The molecular formula is C24H25F2N3O6. The van der Waals surface area contributed by atoms with Crippen molar-refractivity contribution in [3.05, 3.63) is 53.2 Å². The number of rotatable bonds is 5. The molecule has 0 bridgehead atoms. The molecule has 1 fully saturated rings. The van der Waals surface area contributed by atoms with E-state index in [1.54, 1.807) is 29.7 Å². The summed E-state index contributed by atoms with van der Waals surface area (Å²) in [6.07, 6.45) is 0.546. The Balaban J connectivity index is 1.36. The molecule has 4 rings (SSSR count). The van der Waals surface area contributed by atoms with Crippen molar-refractivity contribution in [1.82, 2.24) is 14.8 Å². The molecule has 1 aromatic heterocycles. The normalized spacial score (nSPS) is 17.1. The van der Waals surface area contributed by atoms with Gasteiger partial charge in [-0.1, -0.05) is 6.07 Å². The molecule has 2 amide bonds. The number of piperazine rings is 1. The quantitative estimate of drug-likeness (QED) is 0.645. The van der Waals surface area contributed by atoms with E-state index in [9.17, 15) is 23.5 Å². The first-order valence-corrected chi connectivity index (χ1v) is 10.9. The van der Waals surface area contributed by atoms with E-state index in [0.717, 1.165) is 0 Å². The highest BCUT2D eigenvalue weighted by Crippen LogP contribution is 2.41. The molecule has 0 spiro atoms. The highest BCUT2D eigenvalue weighted by molar-refractivity contribution is 5.95. The Morgan fingerprint density at radius 1 is 1.11 bits per heavy atom. The molecule has 1 aromatic carbocycles. The number of carbonyl (C=O) groups is 2. The highest BCUT2D eigenvalue weighted by atomic mass is 19.3. The van der Waals surface area contributed by atoms with Gasteiger partial charge in [-0.3, -0.25) is 9.59 Å². The van der Waals surface area contributed by atoms with Crippen LogP contribution in [0.25, 0.3) is 6.08 Å². The summed E-state index contributed by atoms with van der Waals surface area (Å²) >= 11 is 0. The number of amides is 2. The van der Waals surface area contributed by atoms with E-state index in [-0.39, 0.29) is 29.2 Å². The van der Waals surface area contributed by atoms with Crippen molar-refractivity contribution in [1.29, 1.82) is 0 Å². The van der Waals surface area contributed by atoms with Crippen molar-refractivity contribution in [3.8, 4) is 17.4 Å². The first-order valence-electron chi connectivity index (χ1n) is 10.9. The van der Waals surface area contributed by atoms with Crippen LogP contribution in [0.5, 0.6) is 17.4 Å². The van der Waals surface area contributed by atoms with Gasteiger partial charge in [0, 0.05) is 44.0 Å². The van der Waals surface area contributed by atoms with Crippen LogP contribution in [0.2, 0.25) is 0 Å². The molecule has 11 heteroatoms. The van der Waals surface area contributed by atoms with Crippen molar-refractivity contribution >= 4 is 17.9 Å². The van der Waals surface area contributed by atoms with Crippen LogP contribution in [0.3, 0.4) is 0 Å². The number of benzene rings is 1. The number of hydrogen-bond acceptors (Lipinski definition) is 7. The molecule has 0 aliphatic carbocycles. The lowest BCUT2D eigenvalue weighted by atomic mass is 9.98. The van der Waals surface area contributed by atoms with Crippen LogP contribution in [-0.4, -0.2) is 71.3 Å². The van der Waals surface area contributed by atoms with Crippen LogP contribution in [-0.2, 0) is 10.4 Å². The number of ether oxygens (including phenoxy) is 3. The van der Waals surface area contributed by atoms with Crippen molar-refractivity contribution < 1.29 is 37.7 Å². The fourth-order valence-corrected chi connectivity index (χ4v) is 3.82. The van der Waals surface area contributed by atoms with Crippen LogP contribution in [0.15, 0.2) is 36.5 Å². The number of nitrogens with zero attached hydrogens (tertiary/aromatic N) is 3. The molecular weight excluding hydrogens is 464 g/mol. The minimum absolute atomic E-state index is 0.0685. The lowest BCUT2D eigenvalue weighted by molar-refractivity contribution is -0.286. The van der Waals surface area contributed by atoms with Crippen LogP contribution in [0.4, 0.5) is 8.78 Å². The van der Waals surface area contributed by atoms with Gasteiger partial charge in [-0.25, -0.2) is 4.98 Å². The average Bonchev–Trinajstić information content (AvgIpc) is 3.14. The topological polar surface area (TPSA) is 101 Å². The van der Waals surface area contributed by atoms with Crippen molar-refractivity contribution in [2.24, 2.45) is 0 Å². The Morgan fingerprint density at radius 2 is 1.77 bits per heavy atom. The van der Waals surface area contributed by atoms with E-state index >= 15 is 0 Å². The van der Waals surface area contributed by atoms with Gasteiger partial charge < -0.3 is 29.1 Å². The average molecular weight is 489 g/mol. The van der Waals surface area contributed by atoms with Crippen molar-refractivity contribution in [3.63, 3.8) is 0 Å². The van der Waals surface area contributed by atoms with Gasteiger partial charge in [0.2, 0.25) is 11.8 Å². The number of fused-ring (bicyclic) bond motifs is 1. The maximum absolute atomic E-state index is 13.2. The van der Waals surface area contributed by atoms with Crippen LogP contribution < -0.4 is 14.2 Å². The summed E-state index contributed by atoms with van der Waals surface area (Å²) in [4.78, 5) is 32.9. The largest absolute Gasteiger partial charge is 0.586 e. The second-order valence-electron chi connectivity index (χ2n) is 8.66. The predicted octanol–water partition coefficient (Wildman–Crippen LogP) is 2.64. The fourth-order valence-electron chi connectivity index (χ4n) is 3.82. The molecule has 3 heterocycles. The third-order valence-corrected chi connectivity index (χ3v) is 5.67. The van der Waals surface area contributed by atoms with E-state index in [1.807, 2.05) is 0 Å². The summed E-state index contributed by atoms with van der Waals surface area (Å²) < 4.78 is 40.3. The lowest BCUT2D eigenvalue weighted by Gasteiger charge is -2.34. The monoisotopic (exact) mass is 489 g/mol. The lowest BCUT2D eigenvalue weighted by Crippen LogP contribution is -2.50. The molecule has 186 valence electrons. The third-order valence-electron chi connectivity index (χ3n) is 5.67. The summed E-state index contributed by atoms with van der Waals surface area (Å²) in [5.41, 5.74) is -0.0276.